The van der Waals surface area contributed by atoms with E-state index >= 15 is 0 Å². The van der Waals surface area contributed by atoms with E-state index in [1.54, 1.807) is 0 Å². The average Bonchev–Trinajstić information content (AvgIpc) is 3.60. The third-order valence-corrected chi connectivity index (χ3v) is 11.8. The fourth-order valence-corrected chi connectivity index (χ4v) is 9.26. The number of nitrogens with zero attached hydrogens (tertiary/aromatic N) is 2. The number of aromatic nitrogens is 2. The number of benzene rings is 9. The molecule has 0 bridgehead atoms. The molecule has 258 valence electrons. The van der Waals surface area contributed by atoms with Crippen molar-refractivity contribution in [2.75, 3.05) is 0 Å². The van der Waals surface area contributed by atoms with Crippen molar-refractivity contribution in [2.45, 2.75) is 0 Å². The molecule has 0 fully saturated rings. The Morgan fingerprint density at radius 2 is 0.679 bits per heavy atom. The summed E-state index contributed by atoms with van der Waals surface area (Å²) in [4.78, 5) is 10.4. The Morgan fingerprint density at radius 1 is 0.250 bits per heavy atom. The van der Waals surface area contributed by atoms with Gasteiger partial charge in [-0.15, -0.1) is 0 Å². The Kier molecular flexibility index (Phi) is 6.66. The Bertz CT molecular complexity index is 3310. The van der Waals surface area contributed by atoms with Crippen LogP contribution in [0.5, 0.6) is 0 Å². The molecule has 0 spiro atoms. The van der Waals surface area contributed by atoms with Gasteiger partial charge in [-0.25, -0.2) is 9.97 Å². The minimum atomic E-state index is 0.918. The summed E-state index contributed by atoms with van der Waals surface area (Å²) in [5.74, 6) is 0. The molecule has 0 unspecified atom stereocenters. The van der Waals surface area contributed by atoms with E-state index in [9.17, 15) is 0 Å². The summed E-state index contributed by atoms with van der Waals surface area (Å²) in [5.41, 5.74) is 16.2. The van der Waals surface area contributed by atoms with Gasteiger partial charge in [0.05, 0.1) is 22.4 Å². The van der Waals surface area contributed by atoms with Crippen LogP contribution in [0.2, 0.25) is 0 Å². The van der Waals surface area contributed by atoms with Crippen molar-refractivity contribution in [3.05, 3.63) is 194 Å². The topological polar surface area (TPSA) is 25.8 Å². The molecule has 56 heavy (non-hydrogen) atoms. The van der Waals surface area contributed by atoms with Crippen molar-refractivity contribution in [3.63, 3.8) is 0 Å². The van der Waals surface area contributed by atoms with Crippen molar-refractivity contribution in [1.29, 1.82) is 0 Å². The van der Waals surface area contributed by atoms with E-state index in [2.05, 4.69) is 188 Å². The van der Waals surface area contributed by atoms with Crippen LogP contribution in [-0.2, 0) is 0 Å². The highest BCUT2D eigenvalue weighted by atomic mass is 14.8. The largest absolute Gasteiger partial charge is 0.245 e. The summed E-state index contributed by atoms with van der Waals surface area (Å²) < 4.78 is 0. The van der Waals surface area contributed by atoms with E-state index in [1.807, 2.05) is 6.07 Å². The zero-order chi connectivity index (χ0) is 36.7. The lowest BCUT2D eigenvalue weighted by Gasteiger charge is -2.19. The Balaban J connectivity index is 1.01. The van der Waals surface area contributed by atoms with Crippen LogP contribution >= 0.6 is 0 Å². The van der Waals surface area contributed by atoms with Gasteiger partial charge in [-0.2, -0.15) is 0 Å². The number of pyridine rings is 2. The molecule has 0 atom stereocenters. The van der Waals surface area contributed by atoms with Crippen LogP contribution in [0.4, 0.5) is 0 Å². The highest BCUT2D eigenvalue weighted by molar-refractivity contribution is 6.26. The summed E-state index contributed by atoms with van der Waals surface area (Å²) in [6.07, 6.45) is 0. The molecule has 12 rings (SSSR count). The van der Waals surface area contributed by atoms with E-state index in [4.69, 9.17) is 9.97 Å². The maximum atomic E-state index is 5.25. The standard InChI is InChI=1S/C54H32N2/c1-2-11-33(12-3-1)48-31-27-36-25-26-37-28-32-49(56-54(37)53(36)55-48)34-21-23-35(24-22-34)50-41-15-6-8-17-43(41)52(44-18-9-7-16-42(44)50)47-30-29-46-39-14-5-4-13-38(39)40-19-10-20-45(47)51(40)46/h1-32H. The maximum absolute atomic E-state index is 5.25. The number of hydrogen-bond acceptors (Lipinski definition) is 2. The van der Waals surface area contributed by atoms with Gasteiger partial charge in [0.2, 0.25) is 0 Å². The number of rotatable bonds is 4. The second-order valence-electron chi connectivity index (χ2n) is 14.8. The quantitative estimate of drug-likeness (QED) is 0.134. The van der Waals surface area contributed by atoms with Gasteiger partial charge in [0.1, 0.15) is 0 Å². The molecule has 2 heteroatoms. The van der Waals surface area contributed by atoms with E-state index < -0.39 is 0 Å². The van der Waals surface area contributed by atoms with Crippen molar-refractivity contribution in [1.82, 2.24) is 9.97 Å². The average molecular weight is 709 g/mol. The van der Waals surface area contributed by atoms with Gasteiger partial charge in [-0.3, -0.25) is 0 Å². The van der Waals surface area contributed by atoms with Crippen molar-refractivity contribution < 1.29 is 0 Å². The number of fused-ring (bicyclic) bond motifs is 8. The minimum absolute atomic E-state index is 0.918. The Morgan fingerprint density at radius 3 is 1.29 bits per heavy atom. The van der Waals surface area contributed by atoms with Gasteiger partial charge >= 0.3 is 0 Å². The van der Waals surface area contributed by atoms with Crippen molar-refractivity contribution >= 4 is 54.1 Å². The van der Waals surface area contributed by atoms with Gasteiger partial charge in [-0.05, 0) is 89.0 Å². The first-order valence-electron chi connectivity index (χ1n) is 19.2. The van der Waals surface area contributed by atoms with Gasteiger partial charge in [0.15, 0.2) is 0 Å². The smallest absolute Gasteiger partial charge is 0.0972 e. The van der Waals surface area contributed by atoms with Crippen LogP contribution in [-0.4, -0.2) is 9.97 Å². The predicted molar refractivity (Wildman–Crippen MR) is 236 cm³/mol. The van der Waals surface area contributed by atoms with E-state index in [1.165, 1.54) is 76.8 Å². The highest BCUT2D eigenvalue weighted by Gasteiger charge is 2.24. The minimum Gasteiger partial charge on any atom is -0.245 e. The lowest BCUT2D eigenvalue weighted by atomic mass is 9.84. The zero-order valence-corrected chi connectivity index (χ0v) is 30.4. The lowest BCUT2D eigenvalue weighted by Crippen LogP contribution is -1.92. The SMILES string of the molecule is c1ccc(-c2ccc3ccc4ccc(-c5ccc(-c6c7ccccc7c(-c7ccc8c9c(cccc79)-c7ccccc7-8)c7ccccc67)cc5)nc4c3n2)cc1. The summed E-state index contributed by atoms with van der Waals surface area (Å²) in [6.45, 7) is 0. The summed E-state index contributed by atoms with van der Waals surface area (Å²) >= 11 is 0. The molecule has 2 aromatic heterocycles. The van der Waals surface area contributed by atoms with Gasteiger partial charge in [0.25, 0.3) is 0 Å². The zero-order valence-electron chi connectivity index (χ0n) is 30.4. The van der Waals surface area contributed by atoms with E-state index in [0.29, 0.717) is 0 Å². The second kappa shape index (κ2) is 12.0. The Hall–Kier alpha value is -7.42. The first kappa shape index (κ1) is 31.0. The van der Waals surface area contributed by atoms with Gasteiger partial charge < -0.3 is 0 Å². The van der Waals surface area contributed by atoms with Crippen LogP contribution in [0.25, 0.3) is 121 Å². The highest BCUT2D eigenvalue weighted by Crippen LogP contribution is 2.51. The van der Waals surface area contributed by atoms with Crippen molar-refractivity contribution in [3.8, 4) is 67.0 Å². The molecule has 1 aliphatic carbocycles. The van der Waals surface area contributed by atoms with Crippen LogP contribution in [0.3, 0.4) is 0 Å². The van der Waals surface area contributed by atoms with E-state index in [0.717, 1.165) is 44.3 Å². The molecule has 0 saturated carbocycles. The van der Waals surface area contributed by atoms with Gasteiger partial charge in [-0.1, -0.05) is 182 Å². The third-order valence-electron chi connectivity index (χ3n) is 11.8. The predicted octanol–water partition coefficient (Wildman–Crippen LogP) is 14.6. The normalized spacial score (nSPS) is 11.9. The summed E-state index contributed by atoms with van der Waals surface area (Å²) in [7, 11) is 0. The molecule has 0 radical (unpaired) electrons. The first-order valence-corrected chi connectivity index (χ1v) is 19.2. The molecule has 2 heterocycles. The van der Waals surface area contributed by atoms with E-state index in [-0.39, 0.29) is 0 Å². The maximum Gasteiger partial charge on any atom is 0.0972 e. The molecule has 11 aromatic rings. The second-order valence-corrected chi connectivity index (χ2v) is 14.8. The molecule has 1 aliphatic rings. The molecule has 0 saturated heterocycles. The molecule has 0 N–H and O–H groups in total. The molecule has 9 aromatic carbocycles. The van der Waals surface area contributed by atoms with Crippen LogP contribution in [0, 0.1) is 0 Å². The summed E-state index contributed by atoms with van der Waals surface area (Å²) in [6, 6.07) is 70.3. The fraction of sp³-hybridized carbons (Fsp3) is 0. The molecular formula is C54H32N2. The van der Waals surface area contributed by atoms with Crippen LogP contribution in [0.1, 0.15) is 0 Å². The molecule has 2 nitrogen and oxygen atoms in total. The van der Waals surface area contributed by atoms with Crippen LogP contribution in [0.15, 0.2) is 194 Å². The molecular weight excluding hydrogens is 677 g/mol. The first-order chi connectivity index (χ1) is 27.8. The molecule has 0 amide bonds. The van der Waals surface area contributed by atoms with Crippen molar-refractivity contribution in [2.24, 2.45) is 0 Å². The number of hydrogen-bond donors (Lipinski definition) is 0. The summed E-state index contributed by atoms with van der Waals surface area (Å²) in [5, 5.41) is 9.82. The molecule has 0 aliphatic heterocycles. The van der Waals surface area contributed by atoms with Gasteiger partial charge in [0, 0.05) is 21.9 Å². The lowest BCUT2D eigenvalue weighted by molar-refractivity contribution is 1.36. The van der Waals surface area contributed by atoms with Crippen LogP contribution < -0.4 is 0 Å². The third kappa shape index (κ3) is 4.57. The monoisotopic (exact) mass is 708 g/mol. The fourth-order valence-electron chi connectivity index (χ4n) is 9.26. The Labute approximate surface area is 324 Å².